The van der Waals surface area contributed by atoms with Gasteiger partial charge in [-0.15, -0.1) is 11.3 Å². The maximum absolute atomic E-state index is 13.6. The third kappa shape index (κ3) is 4.86. The lowest BCUT2D eigenvalue weighted by molar-refractivity contribution is -0.183. The molecule has 2 aliphatic heterocycles. The summed E-state index contributed by atoms with van der Waals surface area (Å²) in [5.41, 5.74) is 9.67. The summed E-state index contributed by atoms with van der Waals surface area (Å²) in [6, 6.07) is 12.9. The number of carbonyl (C=O) groups excluding carboxylic acids is 3. The van der Waals surface area contributed by atoms with Crippen LogP contribution in [0.1, 0.15) is 57.4 Å². The van der Waals surface area contributed by atoms with Gasteiger partial charge in [0.25, 0.3) is 5.91 Å². The van der Waals surface area contributed by atoms with E-state index in [1.807, 2.05) is 31.2 Å². The molecular formula is C30H31N5O6S. The molecule has 3 heterocycles. The van der Waals surface area contributed by atoms with Crippen molar-refractivity contribution in [2.45, 2.75) is 37.3 Å². The Balaban J connectivity index is 1.15. The van der Waals surface area contributed by atoms with Crippen molar-refractivity contribution in [1.82, 2.24) is 15.5 Å². The lowest BCUT2D eigenvalue weighted by Gasteiger charge is -2.33. The summed E-state index contributed by atoms with van der Waals surface area (Å²) in [7, 11) is 0. The van der Waals surface area contributed by atoms with Gasteiger partial charge in [-0.3, -0.25) is 19.8 Å². The van der Waals surface area contributed by atoms with Crippen molar-refractivity contribution in [1.29, 1.82) is 5.41 Å². The number of carbonyl (C=O) groups is 3. The minimum atomic E-state index is -1.25. The normalized spacial score (nSPS) is 20.7. The van der Waals surface area contributed by atoms with E-state index in [4.69, 9.17) is 20.6 Å². The van der Waals surface area contributed by atoms with Crippen molar-refractivity contribution in [2.24, 2.45) is 5.73 Å². The zero-order valence-corrected chi connectivity index (χ0v) is 23.7. The second-order valence-electron chi connectivity index (χ2n) is 10.6. The SMILES string of the molecule is C[C@@H](NC(=O)C1N(C(=O)CNC(=O)c2ccc3c(c2)-c2ccccc2C3O)CCC12OCCO2)c1cc(C(=N)N)cs1. The van der Waals surface area contributed by atoms with Gasteiger partial charge < -0.3 is 35.8 Å². The fourth-order valence-corrected chi connectivity index (χ4v) is 6.84. The van der Waals surface area contributed by atoms with Crippen molar-refractivity contribution < 1.29 is 29.0 Å². The number of nitrogens with one attached hydrogen (secondary N) is 3. The molecule has 3 aromatic rings. The lowest BCUT2D eigenvalue weighted by atomic mass is 10.0. The van der Waals surface area contributed by atoms with Gasteiger partial charge >= 0.3 is 0 Å². The molecule has 1 spiro atoms. The Kier molecular flexibility index (Phi) is 7.31. The van der Waals surface area contributed by atoms with E-state index in [1.165, 1.54) is 16.2 Å². The first-order valence-corrected chi connectivity index (χ1v) is 14.6. The van der Waals surface area contributed by atoms with Crippen molar-refractivity contribution in [3.63, 3.8) is 0 Å². The van der Waals surface area contributed by atoms with Crippen molar-refractivity contribution in [3.05, 3.63) is 81.0 Å². The number of rotatable bonds is 7. The molecule has 3 aliphatic rings. The van der Waals surface area contributed by atoms with Crippen LogP contribution in [0, 0.1) is 5.41 Å². The van der Waals surface area contributed by atoms with Gasteiger partial charge in [0, 0.05) is 34.3 Å². The van der Waals surface area contributed by atoms with Crippen molar-refractivity contribution >= 4 is 34.9 Å². The highest BCUT2D eigenvalue weighted by Crippen LogP contribution is 2.43. The number of amidine groups is 1. The van der Waals surface area contributed by atoms with E-state index in [-0.39, 0.29) is 18.9 Å². The van der Waals surface area contributed by atoms with Crippen LogP contribution in [0.2, 0.25) is 0 Å². The highest BCUT2D eigenvalue weighted by Gasteiger charge is 2.57. The molecule has 6 N–H and O–H groups in total. The molecule has 11 nitrogen and oxygen atoms in total. The average Bonchev–Trinajstić information content (AvgIpc) is 3.79. The summed E-state index contributed by atoms with van der Waals surface area (Å²) in [6.07, 6.45) is -0.432. The molecule has 1 aromatic heterocycles. The average molecular weight is 590 g/mol. The van der Waals surface area contributed by atoms with Gasteiger partial charge in [-0.1, -0.05) is 30.3 Å². The molecule has 3 atom stereocenters. The Morgan fingerprint density at radius 1 is 1.12 bits per heavy atom. The van der Waals surface area contributed by atoms with Crippen molar-refractivity contribution in [3.8, 4) is 11.1 Å². The highest BCUT2D eigenvalue weighted by molar-refractivity contribution is 7.10. The van der Waals surface area contributed by atoms with Crippen LogP contribution in [0.5, 0.6) is 0 Å². The van der Waals surface area contributed by atoms with Crippen LogP contribution < -0.4 is 16.4 Å². The Bertz CT molecular complexity index is 1580. The number of hydrogen-bond donors (Lipinski definition) is 5. The quantitative estimate of drug-likeness (QED) is 0.208. The third-order valence-electron chi connectivity index (χ3n) is 8.05. The first kappa shape index (κ1) is 28.0. The van der Waals surface area contributed by atoms with Crippen LogP contribution >= 0.6 is 11.3 Å². The molecule has 0 bridgehead atoms. The molecule has 2 unspecified atom stereocenters. The van der Waals surface area contributed by atoms with Gasteiger partial charge in [0.15, 0.2) is 11.8 Å². The summed E-state index contributed by atoms with van der Waals surface area (Å²) in [6.45, 7) is 2.33. The molecule has 0 saturated carbocycles. The maximum atomic E-state index is 13.6. The molecule has 218 valence electrons. The third-order valence-corrected chi connectivity index (χ3v) is 9.16. The predicted octanol–water partition coefficient (Wildman–Crippen LogP) is 2.05. The summed E-state index contributed by atoms with van der Waals surface area (Å²) in [4.78, 5) is 42.3. The van der Waals surface area contributed by atoms with E-state index in [2.05, 4.69) is 10.6 Å². The Morgan fingerprint density at radius 2 is 1.86 bits per heavy atom. The molecule has 3 amide bonds. The topological polar surface area (TPSA) is 167 Å². The fraction of sp³-hybridized carbons (Fsp3) is 0.333. The number of aliphatic hydroxyl groups is 1. The van der Waals surface area contributed by atoms with Gasteiger partial charge in [-0.05, 0) is 47.4 Å². The minimum Gasteiger partial charge on any atom is -0.384 e. The molecule has 1 aliphatic carbocycles. The van der Waals surface area contributed by atoms with Crippen LogP contribution in [-0.4, -0.2) is 71.7 Å². The zero-order chi connectivity index (χ0) is 29.6. The second kappa shape index (κ2) is 11.0. The number of thiophene rings is 1. The molecule has 12 heteroatoms. The number of nitrogens with two attached hydrogens (primary N) is 1. The monoisotopic (exact) mass is 589 g/mol. The van der Waals surface area contributed by atoms with Crippen molar-refractivity contribution in [2.75, 3.05) is 26.3 Å². The molecule has 2 aromatic carbocycles. The zero-order valence-electron chi connectivity index (χ0n) is 22.9. The molecule has 6 rings (SSSR count). The smallest absolute Gasteiger partial charge is 0.251 e. The first-order valence-electron chi connectivity index (χ1n) is 13.7. The summed E-state index contributed by atoms with van der Waals surface area (Å²) < 4.78 is 11.8. The number of benzene rings is 2. The summed E-state index contributed by atoms with van der Waals surface area (Å²) in [5.74, 6) is -2.63. The van der Waals surface area contributed by atoms with E-state index in [1.54, 1.807) is 29.6 Å². The van der Waals surface area contributed by atoms with Crippen LogP contribution in [-0.2, 0) is 19.1 Å². The maximum Gasteiger partial charge on any atom is 0.251 e. The Morgan fingerprint density at radius 3 is 2.60 bits per heavy atom. The van der Waals surface area contributed by atoms with E-state index >= 15 is 0 Å². The summed E-state index contributed by atoms with van der Waals surface area (Å²) >= 11 is 1.37. The largest absolute Gasteiger partial charge is 0.384 e. The van der Waals surface area contributed by atoms with Crippen LogP contribution in [0.25, 0.3) is 11.1 Å². The van der Waals surface area contributed by atoms with Gasteiger partial charge in [0.05, 0.1) is 25.8 Å². The second-order valence-corrected chi connectivity index (χ2v) is 11.5. The number of aliphatic hydroxyl groups excluding tert-OH is 1. The number of ether oxygens (including phenoxy) is 2. The number of fused-ring (bicyclic) bond motifs is 3. The number of nitrogens with zero attached hydrogens (tertiary/aromatic N) is 1. The molecule has 2 saturated heterocycles. The molecular weight excluding hydrogens is 558 g/mol. The fourth-order valence-electron chi connectivity index (χ4n) is 5.92. The molecule has 42 heavy (non-hydrogen) atoms. The van der Waals surface area contributed by atoms with Crippen LogP contribution in [0.4, 0.5) is 0 Å². The number of amides is 3. The van der Waals surface area contributed by atoms with E-state index < -0.39 is 41.7 Å². The first-order chi connectivity index (χ1) is 20.2. The summed E-state index contributed by atoms with van der Waals surface area (Å²) in [5, 5.41) is 25.7. The van der Waals surface area contributed by atoms with Gasteiger partial charge in [0.1, 0.15) is 11.9 Å². The standard InChI is InChI=1S/C30H31N5O6S/c1-16(23-13-18(15-42-23)27(31)32)34-29(39)26-30(40-10-11-41-30)8-9-35(26)24(36)14-33-28(38)17-6-7-21-22(12-17)19-4-2-3-5-20(19)25(21)37/h2-7,12-13,15-16,25-26,37H,8-11,14H2,1H3,(H3,31,32)(H,33,38)(H,34,39)/t16-,25?,26?/m1/s1. The van der Waals surface area contributed by atoms with E-state index in [0.717, 1.165) is 27.1 Å². The highest BCUT2D eigenvalue weighted by atomic mass is 32.1. The van der Waals surface area contributed by atoms with Gasteiger partial charge in [0.2, 0.25) is 11.8 Å². The van der Waals surface area contributed by atoms with Gasteiger partial charge in [-0.2, -0.15) is 0 Å². The predicted molar refractivity (Wildman–Crippen MR) is 155 cm³/mol. The number of hydrogen-bond acceptors (Lipinski definition) is 8. The van der Waals surface area contributed by atoms with E-state index in [9.17, 15) is 19.5 Å². The number of likely N-dealkylation sites (tertiary alicyclic amines) is 1. The Hall–Kier alpha value is -4.10. The van der Waals surface area contributed by atoms with Crippen LogP contribution in [0.3, 0.4) is 0 Å². The minimum absolute atomic E-state index is 0.0559. The molecule has 0 radical (unpaired) electrons. The lowest BCUT2D eigenvalue weighted by Crippen LogP contribution is -2.57. The van der Waals surface area contributed by atoms with Gasteiger partial charge in [-0.25, -0.2) is 0 Å². The molecule has 2 fully saturated rings. The number of nitrogen functional groups attached to an aromatic ring is 1. The Labute approximate surface area is 246 Å². The van der Waals surface area contributed by atoms with E-state index in [0.29, 0.717) is 30.8 Å². The van der Waals surface area contributed by atoms with Crippen LogP contribution in [0.15, 0.2) is 53.9 Å².